The number of aryl methyl sites for hydroxylation is 1. The molecule has 1 heterocycles. The van der Waals surface area contributed by atoms with Gasteiger partial charge in [0.05, 0.1) is 6.10 Å². The van der Waals surface area contributed by atoms with Crippen molar-refractivity contribution < 1.29 is 5.11 Å². The number of aliphatic hydroxyl groups is 1. The molecule has 0 spiro atoms. The third-order valence-corrected chi connectivity index (χ3v) is 2.88. The normalized spacial score (nSPS) is 13.3. The van der Waals surface area contributed by atoms with Crippen molar-refractivity contribution in [1.29, 1.82) is 0 Å². The molecule has 0 radical (unpaired) electrons. The van der Waals surface area contributed by atoms with Gasteiger partial charge in [-0.05, 0) is 32.0 Å². The smallest absolute Gasteiger partial charge is 0.0912 e. The Balaban J connectivity index is 2.74. The first-order chi connectivity index (χ1) is 7.13. The molecule has 1 N–H and O–H groups in total. The molecule has 0 bridgehead atoms. The minimum Gasteiger partial charge on any atom is -0.387 e. The Morgan fingerprint density at radius 2 is 2.13 bits per heavy atom. The highest BCUT2D eigenvalue weighted by Gasteiger charge is 2.11. The summed E-state index contributed by atoms with van der Waals surface area (Å²) >= 11 is 5.96. The van der Waals surface area contributed by atoms with E-state index in [9.17, 15) is 5.11 Å². The number of nitrogens with zero attached hydrogens (tertiary/aromatic N) is 1. The van der Waals surface area contributed by atoms with Crippen LogP contribution in [0.2, 0.25) is 5.02 Å². The summed E-state index contributed by atoms with van der Waals surface area (Å²) in [5, 5.41) is 11.5. The highest BCUT2D eigenvalue weighted by molar-refractivity contribution is 6.31. The highest BCUT2D eigenvalue weighted by atomic mass is 35.5. The zero-order valence-corrected chi connectivity index (χ0v) is 9.62. The van der Waals surface area contributed by atoms with Gasteiger partial charge in [-0.25, -0.2) is 0 Å². The molecule has 1 atom stereocenters. The van der Waals surface area contributed by atoms with E-state index in [4.69, 9.17) is 11.6 Å². The number of aromatic nitrogens is 1. The first-order valence-electron chi connectivity index (χ1n) is 5.10. The minimum atomic E-state index is -0.448. The van der Waals surface area contributed by atoms with Crippen LogP contribution in [-0.2, 0) is 6.54 Å². The Labute approximate surface area is 94.1 Å². The molecule has 2 nitrogen and oxygen atoms in total. The first-order valence-corrected chi connectivity index (χ1v) is 5.48. The van der Waals surface area contributed by atoms with Gasteiger partial charge < -0.3 is 9.67 Å². The van der Waals surface area contributed by atoms with E-state index in [2.05, 4.69) is 11.5 Å². The molecule has 1 aromatic heterocycles. The van der Waals surface area contributed by atoms with Gasteiger partial charge >= 0.3 is 0 Å². The molecule has 3 heteroatoms. The van der Waals surface area contributed by atoms with E-state index in [0.29, 0.717) is 0 Å². The number of hydrogen-bond acceptors (Lipinski definition) is 1. The molecule has 1 unspecified atom stereocenters. The van der Waals surface area contributed by atoms with Gasteiger partial charge in [0, 0.05) is 28.2 Å². The molecule has 1 aromatic carbocycles. The molecule has 0 saturated carbocycles. The molecule has 0 aliphatic carbocycles. The fourth-order valence-electron chi connectivity index (χ4n) is 1.95. The lowest BCUT2D eigenvalue weighted by atomic mass is 10.2. The van der Waals surface area contributed by atoms with Gasteiger partial charge in [-0.2, -0.15) is 0 Å². The molecule has 0 saturated heterocycles. The summed E-state index contributed by atoms with van der Waals surface area (Å²) in [7, 11) is 0. The van der Waals surface area contributed by atoms with Gasteiger partial charge in [0.25, 0.3) is 0 Å². The van der Waals surface area contributed by atoms with E-state index in [1.807, 2.05) is 24.3 Å². The second-order valence-electron chi connectivity index (χ2n) is 3.69. The van der Waals surface area contributed by atoms with E-state index in [1.165, 1.54) is 0 Å². The Morgan fingerprint density at radius 3 is 2.73 bits per heavy atom. The van der Waals surface area contributed by atoms with E-state index in [0.717, 1.165) is 28.2 Å². The van der Waals surface area contributed by atoms with Gasteiger partial charge in [0.1, 0.15) is 0 Å². The van der Waals surface area contributed by atoms with Crippen molar-refractivity contribution in [2.75, 3.05) is 0 Å². The van der Waals surface area contributed by atoms with Gasteiger partial charge in [-0.1, -0.05) is 17.7 Å². The molecule has 80 valence electrons. The molecule has 2 rings (SSSR count). The summed E-state index contributed by atoms with van der Waals surface area (Å²) in [6.45, 7) is 4.68. The van der Waals surface area contributed by atoms with Crippen LogP contribution in [0.5, 0.6) is 0 Å². The first kappa shape index (κ1) is 10.5. The van der Waals surface area contributed by atoms with E-state index >= 15 is 0 Å². The minimum absolute atomic E-state index is 0.448. The summed E-state index contributed by atoms with van der Waals surface area (Å²) in [5.41, 5.74) is 2.02. The fourth-order valence-corrected chi connectivity index (χ4v) is 2.11. The number of aliphatic hydroxyl groups excluding tert-OH is 1. The lowest BCUT2D eigenvalue weighted by molar-refractivity contribution is 0.190. The number of fused-ring (bicyclic) bond motifs is 1. The van der Waals surface area contributed by atoms with Crippen LogP contribution in [-0.4, -0.2) is 9.67 Å². The largest absolute Gasteiger partial charge is 0.387 e. The third kappa shape index (κ3) is 1.75. The van der Waals surface area contributed by atoms with Crippen molar-refractivity contribution in [1.82, 2.24) is 4.57 Å². The van der Waals surface area contributed by atoms with E-state index in [1.54, 1.807) is 6.92 Å². The molecule has 2 aromatic rings. The maximum Gasteiger partial charge on any atom is 0.0912 e. The number of benzene rings is 1. The molecule has 0 aliphatic heterocycles. The molecule has 0 aliphatic rings. The monoisotopic (exact) mass is 223 g/mol. The fraction of sp³-hybridized carbons (Fsp3) is 0.333. The van der Waals surface area contributed by atoms with Crippen LogP contribution < -0.4 is 0 Å². The zero-order chi connectivity index (χ0) is 11.0. The second kappa shape index (κ2) is 3.87. The summed E-state index contributed by atoms with van der Waals surface area (Å²) in [6, 6.07) is 7.80. The predicted molar refractivity (Wildman–Crippen MR) is 63.3 cm³/mol. The van der Waals surface area contributed by atoms with Crippen LogP contribution in [0.15, 0.2) is 24.3 Å². The standard InChI is InChI=1S/C12H14ClNO/c1-3-14-11(8(2)15)6-9-4-5-10(13)7-12(9)14/h4-8,15H,3H2,1-2H3. The van der Waals surface area contributed by atoms with Crippen LogP contribution in [0, 0.1) is 0 Å². The van der Waals surface area contributed by atoms with Crippen molar-refractivity contribution in [2.45, 2.75) is 26.5 Å². The van der Waals surface area contributed by atoms with E-state index in [-0.39, 0.29) is 0 Å². The molecular weight excluding hydrogens is 210 g/mol. The van der Waals surface area contributed by atoms with E-state index < -0.39 is 6.10 Å². The lowest BCUT2D eigenvalue weighted by Crippen LogP contribution is -2.03. The summed E-state index contributed by atoms with van der Waals surface area (Å²) in [5.74, 6) is 0. The lowest BCUT2D eigenvalue weighted by Gasteiger charge is -2.09. The van der Waals surface area contributed by atoms with Crippen molar-refractivity contribution in [3.8, 4) is 0 Å². The molecule has 15 heavy (non-hydrogen) atoms. The quantitative estimate of drug-likeness (QED) is 0.830. The Morgan fingerprint density at radius 1 is 1.40 bits per heavy atom. The topological polar surface area (TPSA) is 25.2 Å². The summed E-state index contributed by atoms with van der Waals surface area (Å²) < 4.78 is 2.09. The number of rotatable bonds is 2. The van der Waals surface area contributed by atoms with Crippen LogP contribution in [0.25, 0.3) is 10.9 Å². The number of halogens is 1. The van der Waals surface area contributed by atoms with Gasteiger partial charge in [-0.15, -0.1) is 0 Å². The van der Waals surface area contributed by atoms with Gasteiger partial charge in [-0.3, -0.25) is 0 Å². The van der Waals surface area contributed by atoms with Crippen LogP contribution in [0.3, 0.4) is 0 Å². The Kier molecular flexibility index (Phi) is 2.72. The van der Waals surface area contributed by atoms with Gasteiger partial charge in [0.15, 0.2) is 0 Å². The van der Waals surface area contributed by atoms with Crippen LogP contribution in [0.1, 0.15) is 25.6 Å². The van der Waals surface area contributed by atoms with Crippen molar-refractivity contribution >= 4 is 22.5 Å². The van der Waals surface area contributed by atoms with Crippen molar-refractivity contribution in [3.63, 3.8) is 0 Å². The molecule has 0 amide bonds. The van der Waals surface area contributed by atoms with Crippen molar-refractivity contribution in [3.05, 3.63) is 35.0 Å². The van der Waals surface area contributed by atoms with Gasteiger partial charge in [0.2, 0.25) is 0 Å². The maximum atomic E-state index is 9.65. The van der Waals surface area contributed by atoms with Crippen LogP contribution >= 0.6 is 11.6 Å². The molecular formula is C12H14ClNO. The summed E-state index contributed by atoms with van der Waals surface area (Å²) in [6.07, 6.45) is -0.448. The number of hydrogen-bond donors (Lipinski definition) is 1. The zero-order valence-electron chi connectivity index (χ0n) is 8.87. The van der Waals surface area contributed by atoms with Crippen LogP contribution in [0.4, 0.5) is 0 Å². The third-order valence-electron chi connectivity index (χ3n) is 2.64. The average molecular weight is 224 g/mol. The SMILES string of the molecule is CCn1c(C(C)O)cc2ccc(Cl)cc21. The average Bonchev–Trinajstić information content (AvgIpc) is 2.55. The predicted octanol–water partition coefficient (Wildman–Crippen LogP) is 3.37. The summed E-state index contributed by atoms with van der Waals surface area (Å²) in [4.78, 5) is 0. The van der Waals surface area contributed by atoms with Crippen molar-refractivity contribution in [2.24, 2.45) is 0 Å². The maximum absolute atomic E-state index is 9.65. The Hall–Kier alpha value is -0.990. The molecule has 0 fully saturated rings. The second-order valence-corrected chi connectivity index (χ2v) is 4.13. The Bertz CT molecular complexity index is 488. The highest BCUT2D eigenvalue weighted by Crippen LogP contribution is 2.26.